The molecule has 4 aromatic rings. The minimum atomic E-state index is -0.277. The molecule has 0 spiro atoms. The lowest BCUT2D eigenvalue weighted by atomic mass is 9.84. The van der Waals surface area contributed by atoms with Crippen LogP contribution in [0.3, 0.4) is 0 Å². The molecule has 1 N–H and O–H groups in total. The van der Waals surface area contributed by atoms with Gasteiger partial charge in [0.15, 0.2) is 0 Å². The Hall–Kier alpha value is -3.22. The molecule has 2 aliphatic heterocycles. The second-order valence-corrected chi connectivity index (χ2v) is 9.02. The van der Waals surface area contributed by atoms with Gasteiger partial charge < -0.3 is 10.1 Å². The zero-order valence-corrected chi connectivity index (χ0v) is 18.8. The highest BCUT2D eigenvalue weighted by molar-refractivity contribution is 7.98. The van der Waals surface area contributed by atoms with E-state index in [9.17, 15) is 0 Å². The minimum absolute atomic E-state index is 0.181. The topological polar surface area (TPSA) is 52.0 Å². The van der Waals surface area contributed by atoms with Crippen molar-refractivity contribution in [3.05, 3.63) is 106 Å². The monoisotopic (exact) mass is 458 g/mol. The average molecular weight is 459 g/mol. The van der Waals surface area contributed by atoms with E-state index in [4.69, 9.17) is 16.3 Å². The molecule has 5 nitrogen and oxygen atoms in total. The van der Waals surface area contributed by atoms with Crippen LogP contribution in [0.15, 0.2) is 89.6 Å². The van der Waals surface area contributed by atoms with Crippen LogP contribution < -0.4 is 10.1 Å². The van der Waals surface area contributed by atoms with Gasteiger partial charge in [0, 0.05) is 21.1 Å². The standard InChI is InChI=1S/C25H19ClN4OS/c1-32-18-12-8-16(9-13-18)24-21-22(19-4-2-3-5-20(19)31-24)29-25-27-14-28-30(25)23(21)15-6-10-17(26)11-7-15/h2-14,23-24H,1H3,(H,27,28,29)/t23-,24+/m0/s1. The molecular weight excluding hydrogens is 440 g/mol. The summed E-state index contributed by atoms with van der Waals surface area (Å²) in [5.41, 5.74) is 5.30. The number of para-hydroxylation sites is 1. The van der Waals surface area contributed by atoms with E-state index in [0.717, 1.165) is 33.7 Å². The molecule has 3 aromatic carbocycles. The minimum Gasteiger partial charge on any atom is -0.480 e. The Kier molecular flexibility index (Phi) is 4.70. The van der Waals surface area contributed by atoms with Crippen LogP contribution in [0, 0.1) is 0 Å². The lowest BCUT2D eigenvalue weighted by Crippen LogP contribution is -2.32. The number of hydrogen-bond donors (Lipinski definition) is 1. The molecule has 3 heterocycles. The quantitative estimate of drug-likeness (QED) is 0.370. The van der Waals surface area contributed by atoms with Crippen LogP contribution in [0.4, 0.5) is 5.95 Å². The summed E-state index contributed by atoms with van der Waals surface area (Å²) in [6.45, 7) is 0. The van der Waals surface area contributed by atoms with Crippen LogP contribution >= 0.6 is 23.4 Å². The van der Waals surface area contributed by atoms with Gasteiger partial charge >= 0.3 is 0 Å². The third-order valence-electron chi connectivity index (χ3n) is 5.93. The van der Waals surface area contributed by atoms with Gasteiger partial charge in [-0.1, -0.05) is 48.0 Å². The van der Waals surface area contributed by atoms with Gasteiger partial charge in [-0.3, -0.25) is 0 Å². The number of rotatable bonds is 3. The van der Waals surface area contributed by atoms with Crippen LogP contribution in [-0.2, 0) is 0 Å². The number of ether oxygens (including phenoxy) is 1. The molecule has 0 aliphatic carbocycles. The predicted molar refractivity (Wildman–Crippen MR) is 128 cm³/mol. The first kappa shape index (κ1) is 19.5. The summed E-state index contributed by atoms with van der Waals surface area (Å²) >= 11 is 7.93. The molecular formula is C25H19ClN4OS. The first-order valence-corrected chi connectivity index (χ1v) is 11.9. The predicted octanol–water partition coefficient (Wildman–Crippen LogP) is 6.21. The molecule has 32 heavy (non-hydrogen) atoms. The van der Waals surface area contributed by atoms with Crippen LogP contribution in [-0.4, -0.2) is 21.0 Å². The zero-order valence-electron chi connectivity index (χ0n) is 17.2. The van der Waals surface area contributed by atoms with E-state index in [1.54, 1.807) is 18.1 Å². The maximum absolute atomic E-state index is 6.64. The van der Waals surface area contributed by atoms with Gasteiger partial charge in [0.1, 0.15) is 24.2 Å². The summed E-state index contributed by atoms with van der Waals surface area (Å²) in [6.07, 6.45) is 3.39. The molecule has 158 valence electrons. The molecule has 0 unspecified atom stereocenters. The summed E-state index contributed by atoms with van der Waals surface area (Å²) in [5.74, 6) is 1.55. The molecule has 2 aliphatic rings. The summed E-state index contributed by atoms with van der Waals surface area (Å²) in [7, 11) is 0. The van der Waals surface area contributed by atoms with Crippen molar-refractivity contribution in [3.63, 3.8) is 0 Å². The maximum Gasteiger partial charge on any atom is 0.226 e. The Labute approximate surface area is 195 Å². The van der Waals surface area contributed by atoms with Crippen molar-refractivity contribution in [2.75, 3.05) is 11.6 Å². The number of anilines is 1. The highest BCUT2D eigenvalue weighted by Crippen LogP contribution is 2.50. The van der Waals surface area contributed by atoms with E-state index < -0.39 is 0 Å². The number of hydrogen-bond acceptors (Lipinski definition) is 5. The molecule has 0 saturated carbocycles. The molecule has 0 amide bonds. The smallest absolute Gasteiger partial charge is 0.226 e. The van der Waals surface area contributed by atoms with E-state index in [0.29, 0.717) is 11.0 Å². The van der Waals surface area contributed by atoms with E-state index in [1.165, 1.54) is 4.90 Å². The lowest BCUT2D eigenvalue weighted by molar-refractivity contribution is 0.223. The van der Waals surface area contributed by atoms with Crippen LogP contribution in [0.2, 0.25) is 5.02 Å². The van der Waals surface area contributed by atoms with Crippen LogP contribution in [0.5, 0.6) is 5.75 Å². The molecule has 0 saturated heterocycles. The number of thioether (sulfide) groups is 1. The first-order valence-electron chi connectivity index (χ1n) is 10.3. The van der Waals surface area contributed by atoms with Gasteiger partial charge in [-0.15, -0.1) is 11.8 Å². The Balaban J connectivity index is 1.60. The summed E-state index contributed by atoms with van der Waals surface area (Å²) in [6, 6.07) is 24.4. The zero-order chi connectivity index (χ0) is 21.7. The van der Waals surface area contributed by atoms with Gasteiger partial charge in [0.2, 0.25) is 5.95 Å². The van der Waals surface area contributed by atoms with Crippen molar-refractivity contribution < 1.29 is 4.74 Å². The number of benzene rings is 3. The maximum atomic E-state index is 6.64. The molecule has 0 bridgehead atoms. The number of nitrogens with zero attached hydrogens (tertiary/aromatic N) is 3. The Morgan fingerprint density at radius 3 is 2.50 bits per heavy atom. The largest absolute Gasteiger partial charge is 0.480 e. The Morgan fingerprint density at radius 2 is 1.72 bits per heavy atom. The summed E-state index contributed by atoms with van der Waals surface area (Å²) < 4.78 is 8.56. The van der Waals surface area contributed by atoms with Crippen molar-refractivity contribution in [1.82, 2.24) is 14.8 Å². The number of halogens is 1. The SMILES string of the molecule is CSc1ccc([C@H]2Oc3ccccc3C3=C2[C@H](c2ccc(Cl)cc2)n2ncnc2N3)cc1. The van der Waals surface area contributed by atoms with Gasteiger partial charge in [0.25, 0.3) is 0 Å². The fraction of sp³-hybridized carbons (Fsp3) is 0.120. The van der Waals surface area contributed by atoms with Crippen LogP contribution in [0.25, 0.3) is 5.70 Å². The molecule has 0 radical (unpaired) electrons. The van der Waals surface area contributed by atoms with E-state index in [1.807, 2.05) is 47.1 Å². The van der Waals surface area contributed by atoms with Crippen LogP contribution in [0.1, 0.15) is 28.8 Å². The second kappa shape index (κ2) is 7.73. The molecule has 0 fully saturated rings. The van der Waals surface area contributed by atoms with Crippen molar-refractivity contribution >= 4 is 35.0 Å². The number of nitrogens with one attached hydrogen (secondary N) is 1. The average Bonchev–Trinajstić information content (AvgIpc) is 3.31. The summed E-state index contributed by atoms with van der Waals surface area (Å²) in [4.78, 5) is 5.69. The second-order valence-electron chi connectivity index (χ2n) is 7.70. The van der Waals surface area contributed by atoms with Crippen molar-refractivity contribution in [2.45, 2.75) is 17.0 Å². The Bertz CT molecular complexity index is 1330. The molecule has 6 rings (SSSR count). The number of aromatic nitrogens is 3. The highest BCUT2D eigenvalue weighted by Gasteiger charge is 2.40. The third-order valence-corrected chi connectivity index (χ3v) is 6.92. The number of fused-ring (bicyclic) bond motifs is 3. The van der Waals surface area contributed by atoms with Gasteiger partial charge in [-0.25, -0.2) is 4.68 Å². The fourth-order valence-corrected chi connectivity index (χ4v) is 4.97. The van der Waals surface area contributed by atoms with Gasteiger partial charge in [-0.05, 0) is 53.8 Å². The van der Waals surface area contributed by atoms with Crippen molar-refractivity contribution in [2.24, 2.45) is 0 Å². The van der Waals surface area contributed by atoms with Crippen molar-refractivity contribution in [3.8, 4) is 5.75 Å². The highest BCUT2D eigenvalue weighted by atomic mass is 35.5. The Morgan fingerprint density at radius 1 is 0.969 bits per heavy atom. The fourth-order valence-electron chi connectivity index (χ4n) is 4.44. The van der Waals surface area contributed by atoms with Crippen molar-refractivity contribution in [1.29, 1.82) is 0 Å². The van der Waals surface area contributed by atoms with E-state index in [2.05, 4.69) is 52.0 Å². The van der Waals surface area contributed by atoms with E-state index in [-0.39, 0.29) is 12.1 Å². The van der Waals surface area contributed by atoms with Gasteiger partial charge in [0.05, 0.1) is 5.70 Å². The first-order chi connectivity index (χ1) is 15.7. The van der Waals surface area contributed by atoms with Gasteiger partial charge in [-0.2, -0.15) is 10.1 Å². The van der Waals surface area contributed by atoms with E-state index >= 15 is 0 Å². The normalized spacial score (nSPS) is 18.8. The third kappa shape index (κ3) is 3.10. The molecule has 7 heteroatoms. The lowest BCUT2D eigenvalue weighted by Gasteiger charge is -2.39. The molecule has 1 aromatic heterocycles. The molecule has 2 atom stereocenters. The summed E-state index contributed by atoms with van der Waals surface area (Å²) in [5, 5.41) is 8.78.